The van der Waals surface area contributed by atoms with Crippen molar-refractivity contribution in [3.8, 4) is 0 Å². The van der Waals surface area contributed by atoms with Crippen molar-refractivity contribution < 1.29 is 0 Å². The lowest BCUT2D eigenvalue weighted by molar-refractivity contribution is 0.313. The molecule has 2 aromatic rings. The van der Waals surface area contributed by atoms with Crippen molar-refractivity contribution in [3.05, 3.63) is 46.0 Å². The van der Waals surface area contributed by atoms with Gasteiger partial charge in [0.05, 0.1) is 10.7 Å². The number of pyridine rings is 1. The molecule has 4 nitrogen and oxygen atoms in total. The van der Waals surface area contributed by atoms with E-state index < -0.39 is 0 Å². The highest BCUT2D eigenvalue weighted by atomic mass is 35.5. The molecule has 1 aliphatic rings. The molecule has 5 heteroatoms. The summed E-state index contributed by atoms with van der Waals surface area (Å²) < 4.78 is 0. The summed E-state index contributed by atoms with van der Waals surface area (Å²) in [5.41, 5.74) is 5.06. The average Bonchev–Trinajstić information content (AvgIpc) is 2.85. The predicted molar refractivity (Wildman–Crippen MR) is 79.6 cm³/mol. The van der Waals surface area contributed by atoms with Crippen molar-refractivity contribution in [1.29, 1.82) is 0 Å². The summed E-state index contributed by atoms with van der Waals surface area (Å²) in [4.78, 5) is 6.26. The van der Waals surface area contributed by atoms with Gasteiger partial charge in [-0.25, -0.2) is 0 Å². The van der Waals surface area contributed by atoms with Crippen LogP contribution in [0.4, 0.5) is 0 Å². The molecule has 0 spiro atoms. The maximum absolute atomic E-state index is 6.15. The second kappa shape index (κ2) is 5.94. The predicted octanol–water partition coefficient (Wildman–Crippen LogP) is 2.97. The van der Waals surface area contributed by atoms with Crippen molar-refractivity contribution in [3.63, 3.8) is 0 Å². The first-order chi connectivity index (χ1) is 9.74. The molecular formula is C15H19ClN4. The molecule has 0 aliphatic heterocycles. The number of H-pyrrole nitrogens is 1. The summed E-state index contributed by atoms with van der Waals surface area (Å²) in [6, 6.07) is 1.97. The Hall–Kier alpha value is -1.39. The highest BCUT2D eigenvalue weighted by molar-refractivity contribution is 6.31. The number of halogens is 1. The van der Waals surface area contributed by atoms with Crippen LogP contribution >= 0.6 is 11.6 Å². The number of nitrogens with one attached hydrogen (secondary N) is 1. The largest absolute Gasteiger partial charge is 0.296 e. The number of nitrogens with zero attached hydrogens (tertiary/aromatic N) is 3. The van der Waals surface area contributed by atoms with Gasteiger partial charge >= 0.3 is 0 Å². The lowest BCUT2D eigenvalue weighted by Gasteiger charge is -2.18. The second-order valence-electron chi connectivity index (χ2n) is 5.47. The fourth-order valence-electron chi connectivity index (χ4n) is 2.81. The van der Waals surface area contributed by atoms with E-state index in [-0.39, 0.29) is 0 Å². The third kappa shape index (κ3) is 2.86. The van der Waals surface area contributed by atoms with Gasteiger partial charge in [0.1, 0.15) is 0 Å². The summed E-state index contributed by atoms with van der Waals surface area (Å²) in [5.74, 6) is 0. The van der Waals surface area contributed by atoms with E-state index in [0.29, 0.717) is 0 Å². The van der Waals surface area contributed by atoms with E-state index in [0.717, 1.165) is 36.5 Å². The zero-order chi connectivity index (χ0) is 13.9. The van der Waals surface area contributed by atoms with Crippen LogP contribution in [0.1, 0.15) is 35.4 Å². The van der Waals surface area contributed by atoms with Crippen LogP contribution < -0.4 is 0 Å². The fourth-order valence-corrected chi connectivity index (χ4v) is 2.99. The molecule has 0 aromatic carbocycles. The molecule has 0 atom stereocenters. The molecule has 2 heterocycles. The number of fused-ring (bicyclic) bond motifs is 1. The summed E-state index contributed by atoms with van der Waals surface area (Å²) in [6.45, 7) is 1.66. The first kappa shape index (κ1) is 13.6. The van der Waals surface area contributed by atoms with E-state index in [9.17, 15) is 0 Å². The number of rotatable bonds is 4. The van der Waals surface area contributed by atoms with Crippen LogP contribution in [0.2, 0.25) is 5.02 Å². The smallest absolute Gasteiger partial charge is 0.0797 e. The molecule has 0 bridgehead atoms. The molecule has 1 N–H and O–H groups in total. The standard InChI is InChI=1S/C15H19ClN4/c1-20(9-11-6-7-17-8-13(11)16)10-15-12-4-2-3-5-14(12)18-19-15/h6-8H,2-5,9-10H2,1H3,(H,18,19). The van der Waals surface area contributed by atoms with E-state index in [1.807, 2.05) is 6.07 Å². The Balaban J connectivity index is 1.69. The first-order valence-electron chi connectivity index (χ1n) is 7.06. The number of hydrogen-bond acceptors (Lipinski definition) is 3. The Kier molecular flexibility index (Phi) is 4.03. The van der Waals surface area contributed by atoms with Gasteiger partial charge in [0.15, 0.2) is 0 Å². The number of aryl methyl sites for hydroxylation is 1. The summed E-state index contributed by atoms with van der Waals surface area (Å²) >= 11 is 6.15. The van der Waals surface area contributed by atoms with Gasteiger partial charge in [0.25, 0.3) is 0 Å². The van der Waals surface area contributed by atoms with E-state index in [4.69, 9.17) is 11.6 Å². The number of aromatic amines is 1. The molecule has 0 saturated heterocycles. The zero-order valence-corrected chi connectivity index (χ0v) is 12.5. The minimum absolute atomic E-state index is 0.725. The summed E-state index contributed by atoms with van der Waals surface area (Å²) in [5, 5.41) is 8.41. The van der Waals surface area contributed by atoms with Gasteiger partial charge in [-0.15, -0.1) is 0 Å². The SMILES string of the molecule is CN(Cc1ccncc1Cl)Cc1n[nH]c2c1CCCC2. The van der Waals surface area contributed by atoms with Gasteiger partial charge < -0.3 is 0 Å². The van der Waals surface area contributed by atoms with Gasteiger partial charge in [-0.3, -0.25) is 15.0 Å². The third-order valence-electron chi connectivity index (χ3n) is 3.86. The van der Waals surface area contributed by atoms with E-state index in [1.54, 1.807) is 12.4 Å². The van der Waals surface area contributed by atoms with Crippen molar-refractivity contribution in [1.82, 2.24) is 20.1 Å². The molecule has 106 valence electrons. The highest BCUT2D eigenvalue weighted by Crippen LogP contribution is 2.23. The van der Waals surface area contributed by atoms with Crippen LogP contribution in [0, 0.1) is 0 Å². The summed E-state index contributed by atoms with van der Waals surface area (Å²) in [6.07, 6.45) is 8.33. The lowest BCUT2D eigenvalue weighted by Crippen LogP contribution is -2.19. The molecule has 0 amide bonds. The third-order valence-corrected chi connectivity index (χ3v) is 4.20. The highest BCUT2D eigenvalue weighted by Gasteiger charge is 2.17. The Bertz CT molecular complexity index is 593. The maximum Gasteiger partial charge on any atom is 0.0797 e. The van der Waals surface area contributed by atoms with Gasteiger partial charge in [-0.1, -0.05) is 11.6 Å². The monoisotopic (exact) mass is 290 g/mol. The number of hydrogen-bond donors (Lipinski definition) is 1. The van der Waals surface area contributed by atoms with Crippen LogP contribution in [-0.4, -0.2) is 27.1 Å². The average molecular weight is 291 g/mol. The first-order valence-corrected chi connectivity index (χ1v) is 7.44. The van der Waals surface area contributed by atoms with Gasteiger partial charge in [-0.05, 0) is 49.9 Å². The minimum Gasteiger partial charge on any atom is -0.296 e. The van der Waals surface area contributed by atoms with Gasteiger partial charge in [-0.2, -0.15) is 5.10 Å². The zero-order valence-electron chi connectivity index (χ0n) is 11.7. The van der Waals surface area contributed by atoms with E-state index in [1.165, 1.54) is 29.8 Å². The minimum atomic E-state index is 0.725. The van der Waals surface area contributed by atoms with Crippen LogP contribution in [0.15, 0.2) is 18.5 Å². The maximum atomic E-state index is 6.15. The Labute approximate surface area is 124 Å². The van der Waals surface area contributed by atoms with Crippen LogP contribution in [0.5, 0.6) is 0 Å². The van der Waals surface area contributed by atoms with E-state index in [2.05, 4.69) is 27.1 Å². The molecule has 2 aromatic heterocycles. The van der Waals surface area contributed by atoms with Gasteiger partial charge in [0.2, 0.25) is 0 Å². The summed E-state index contributed by atoms with van der Waals surface area (Å²) in [7, 11) is 2.10. The second-order valence-corrected chi connectivity index (χ2v) is 5.88. The van der Waals surface area contributed by atoms with Crippen LogP contribution in [0.25, 0.3) is 0 Å². The van der Waals surface area contributed by atoms with E-state index >= 15 is 0 Å². The van der Waals surface area contributed by atoms with Crippen molar-refractivity contribution in [2.24, 2.45) is 0 Å². The van der Waals surface area contributed by atoms with Crippen molar-refractivity contribution in [2.45, 2.75) is 38.8 Å². The van der Waals surface area contributed by atoms with Crippen molar-refractivity contribution in [2.75, 3.05) is 7.05 Å². The lowest BCUT2D eigenvalue weighted by atomic mass is 9.96. The Morgan fingerprint density at radius 2 is 2.15 bits per heavy atom. The fraction of sp³-hybridized carbons (Fsp3) is 0.467. The molecule has 20 heavy (non-hydrogen) atoms. The molecule has 0 unspecified atom stereocenters. The molecule has 0 radical (unpaired) electrons. The number of aromatic nitrogens is 3. The van der Waals surface area contributed by atoms with Crippen LogP contribution in [-0.2, 0) is 25.9 Å². The topological polar surface area (TPSA) is 44.8 Å². The molecule has 0 saturated carbocycles. The normalized spacial score (nSPS) is 14.6. The quantitative estimate of drug-likeness (QED) is 0.941. The molecule has 3 rings (SSSR count). The Morgan fingerprint density at radius 1 is 1.30 bits per heavy atom. The molecule has 1 aliphatic carbocycles. The van der Waals surface area contributed by atoms with Gasteiger partial charge in [0, 0.05) is 31.2 Å². The van der Waals surface area contributed by atoms with Crippen molar-refractivity contribution >= 4 is 11.6 Å². The molecular weight excluding hydrogens is 272 g/mol. The van der Waals surface area contributed by atoms with Crippen LogP contribution in [0.3, 0.4) is 0 Å². The Morgan fingerprint density at radius 3 is 3.00 bits per heavy atom. The molecule has 0 fully saturated rings.